The van der Waals surface area contributed by atoms with Crippen molar-refractivity contribution in [3.05, 3.63) is 0 Å². The molecule has 14 heavy (non-hydrogen) atoms. The van der Waals surface area contributed by atoms with E-state index in [0.29, 0.717) is 18.4 Å². The van der Waals surface area contributed by atoms with Crippen molar-refractivity contribution in [3.63, 3.8) is 0 Å². The highest BCUT2D eigenvalue weighted by molar-refractivity contribution is 5.85. The third-order valence-corrected chi connectivity index (χ3v) is 3.62. The number of hydrogen-bond acceptors (Lipinski definition) is 3. The van der Waals surface area contributed by atoms with Gasteiger partial charge >= 0.3 is 5.97 Å². The number of esters is 1. The van der Waals surface area contributed by atoms with Gasteiger partial charge < -0.3 is 4.74 Å². The van der Waals surface area contributed by atoms with Gasteiger partial charge in [-0.2, -0.15) is 5.26 Å². The third-order valence-electron chi connectivity index (χ3n) is 3.62. The third kappa shape index (κ3) is 1.06. The zero-order chi connectivity index (χ0) is 10.2. The summed E-state index contributed by atoms with van der Waals surface area (Å²) in [5, 5.41) is 9.13. The average Bonchev–Trinajstić information content (AvgIpc) is 2.87. The Morgan fingerprint density at radius 1 is 1.50 bits per heavy atom. The van der Waals surface area contributed by atoms with Gasteiger partial charge in [0.2, 0.25) is 0 Å². The van der Waals surface area contributed by atoms with E-state index in [4.69, 9.17) is 10.00 Å². The number of carbonyl (C=O) groups excluding carboxylic acids is 1. The molecule has 2 rings (SSSR count). The summed E-state index contributed by atoms with van der Waals surface area (Å²) >= 11 is 0. The van der Waals surface area contributed by atoms with E-state index >= 15 is 0 Å². The number of carbonyl (C=O) groups is 1. The Bertz CT molecular complexity index is 280. The lowest BCUT2D eigenvalue weighted by Gasteiger charge is -2.06. The Hall–Kier alpha value is -1.04. The summed E-state index contributed by atoms with van der Waals surface area (Å²) in [7, 11) is 0. The van der Waals surface area contributed by atoms with E-state index in [9.17, 15) is 4.79 Å². The Labute approximate surface area is 84.0 Å². The predicted molar refractivity (Wildman–Crippen MR) is 50.1 cm³/mol. The quantitative estimate of drug-likeness (QED) is 0.629. The fourth-order valence-electron chi connectivity index (χ4n) is 2.89. The molecule has 2 fully saturated rings. The minimum absolute atomic E-state index is 0.278. The first-order valence-electron chi connectivity index (χ1n) is 5.35. The van der Waals surface area contributed by atoms with Crippen molar-refractivity contribution in [2.75, 3.05) is 6.61 Å². The number of ether oxygens (including phenoxy) is 1. The molecule has 0 amide bonds. The van der Waals surface area contributed by atoms with E-state index in [-0.39, 0.29) is 5.97 Å². The molecule has 0 aromatic heterocycles. The SMILES string of the molecule is CCOC(=O)C1(C#N)C2CCCCC21. The van der Waals surface area contributed by atoms with Gasteiger partial charge in [-0.3, -0.25) is 4.79 Å². The first kappa shape index (κ1) is 9.51. The number of rotatable bonds is 2. The summed E-state index contributed by atoms with van der Waals surface area (Å²) in [6.45, 7) is 2.16. The maximum atomic E-state index is 11.7. The van der Waals surface area contributed by atoms with E-state index in [1.165, 1.54) is 0 Å². The lowest BCUT2D eigenvalue weighted by molar-refractivity contribution is -0.148. The highest BCUT2D eigenvalue weighted by atomic mass is 16.5. The molecule has 0 radical (unpaired) electrons. The standard InChI is InChI=1S/C11H15NO2/c1-2-14-10(13)11(7-12)8-5-3-4-6-9(8)11/h8-9H,2-6H2,1H3. The smallest absolute Gasteiger partial charge is 0.327 e. The second kappa shape index (κ2) is 3.27. The van der Waals surface area contributed by atoms with E-state index in [0.717, 1.165) is 25.7 Å². The molecule has 2 aliphatic rings. The number of nitrogens with zero attached hydrogens (tertiary/aromatic N) is 1. The van der Waals surface area contributed by atoms with Crippen molar-refractivity contribution in [1.29, 1.82) is 5.26 Å². The van der Waals surface area contributed by atoms with E-state index in [1.807, 2.05) is 0 Å². The van der Waals surface area contributed by atoms with Crippen LogP contribution in [0.5, 0.6) is 0 Å². The zero-order valence-corrected chi connectivity index (χ0v) is 8.45. The molecule has 2 atom stereocenters. The van der Waals surface area contributed by atoms with Crippen molar-refractivity contribution in [3.8, 4) is 6.07 Å². The van der Waals surface area contributed by atoms with Gasteiger partial charge in [-0.05, 0) is 31.6 Å². The van der Waals surface area contributed by atoms with Gasteiger partial charge in [-0.1, -0.05) is 12.8 Å². The number of nitriles is 1. The van der Waals surface area contributed by atoms with Crippen LogP contribution in [0.25, 0.3) is 0 Å². The molecule has 2 aliphatic carbocycles. The van der Waals surface area contributed by atoms with Crippen LogP contribution in [0, 0.1) is 28.6 Å². The summed E-state index contributed by atoms with van der Waals surface area (Å²) in [4.78, 5) is 11.7. The molecule has 0 aliphatic heterocycles. The van der Waals surface area contributed by atoms with Gasteiger partial charge in [0.25, 0.3) is 0 Å². The van der Waals surface area contributed by atoms with Crippen LogP contribution < -0.4 is 0 Å². The first-order chi connectivity index (χ1) is 6.77. The maximum absolute atomic E-state index is 11.7. The van der Waals surface area contributed by atoms with Crippen LogP contribution in [0.1, 0.15) is 32.6 Å². The molecular weight excluding hydrogens is 178 g/mol. The molecular formula is C11H15NO2. The lowest BCUT2D eigenvalue weighted by atomic mass is 10.0. The summed E-state index contributed by atoms with van der Waals surface area (Å²) in [5.74, 6) is 0.306. The highest BCUT2D eigenvalue weighted by Gasteiger charge is 2.71. The van der Waals surface area contributed by atoms with Gasteiger partial charge in [0.1, 0.15) is 0 Å². The summed E-state index contributed by atoms with van der Waals surface area (Å²) in [5.41, 5.74) is -0.757. The largest absolute Gasteiger partial charge is 0.465 e. The van der Waals surface area contributed by atoms with Crippen molar-refractivity contribution >= 4 is 5.97 Å². The molecule has 0 aromatic rings. The van der Waals surface area contributed by atoms with Crippen LogP contribution in [0.4, 0.5) is 0 Å². The van der Waals surface area contributed by atoms with E-state index < -0.39 is 5.41 Å². The van der Waals surface area contributed by atoms with Gasteiger partial charge in [-0.15, -0.1) is 0 Å². The Balaban J connectivity index is 2.14. The van der Waals surface area contributed by atoms with Gasteiger partial charge in [0, 0.05) is 0 Å². The molecule has 3 nitrogen and oxygen atoms in total. The van der Waals surface area contributed by atoms with E-state index in [2.05, 4.69) is 6.07 Å². The molecule has 3 heteroatoms. The topological polar surface area (TPSA) is 50.1 Å². The van der Waals surface area contributed by atoms with Crippen LogP contribution >= 0.6 is 0 Å². The van der Waals surface area contributed by atoms with Crippen LogP contribution in [0.15, 0.2) is 0 Å². The molecule has 0 saturated heterocycles. The minimum Gasteiger partial charge on any atom is -0.465 e. The Kier molecular flexibility index (Phi) is 2.22. The monoisotopic (exact) mass is 193 g/mol. The number of hydrogen-bond donors (Lipinski definition) is 0. The van der Waals surface area contributed by atoms with Crippen LogP contribution in [0.3, 0.4) is 0 Å². The molecule has 0 heterocycles. The fourth-order valence-corrected chi connectivity index (χ4v) is 2.89. The predicted octanol–water partition coefficient (Wildman–Crippen LogP) is 1.88. The molecule has 2 unspecified atom stereocenters. The van der Waals surface area contributed by atoms with Crippen molar-refractivity contribution < 1.29 is 9.53 Å². The first-order valence-corrected chi connectivity index (χ1v) is 5.35. The van der Waals surface area contributed by atoms with Crippen LogP contribution in [0.2, 0.25) is 0 Å². The molecule has 0 spiro atoms. The average molecular weight is 193 g/mol. The second-order valence-corrected chi connectivity index (χ2v) is 4.20. The second-order valence-electron chi connectivity index (χ2n) is 4.20. The molecule has 0 N–H and O–H groups in total. The summed E-state index contributed by atoms with van der Waals surface area (Å²) in [6, 6.07) is 2.20. The summed E-state index contributed by atoms with van der Waals surface area (Å²) < 4.78 is 4.99. The molecule has 0 aromatic carbocycles. The van der Waals surface area contributed by atoms with Gasteiger partial charge in [0.15, 0.2) is 5.41 Å². The Morgan fingerprint density at radius 3 is 2.50 bits per heavy atom. The fraction of sp³-hybridized carbons (Fsp3) is 0.818. The Morgan fingerprint density at radius 2 is 2.07 bits per heavy atom. The normalized spacial score (nSPS) is 39.4. The molecule has 0 bridgehead atoms. The van der Waals surface area contributed by atoms with Crippen molar-refractivity contribution in [2.24, 2.45) is 17.3 Å². The number of fused-ring (bicyclic) bond motifs is 1. The van der Waals surface area contributed by atoms with Crippen molar-refractivity contribution in [1.82, 2.24) is 0 Å². The van der Waals surface area contributed by atoms with Crippen molar-refractivity contribution in [2.45, 2.75) is 32.6 Å². The van der Waals surface area contributed by atoms with Crippen LogP contribution in [-0.4, -0.2) is 12.6 Å². The zero-order valence-electron chi connectivity index (χ0n) is 8.45. The van der Waals surface area contributed by atoms with Gasteiger partial charge in [0.05, 0.1) is 12.7 Å². The lowest BCUT2D eigenvalue weighted by Crippen LogP contribution is -2.20. The summed E-state index contributed by atoms with van der Waals surface area (Å²) in [6.07, 6.45) is 4.36. The molecule has 2 saturated carbocycles. The van der Waals surface area contributed by atoms with Crippen LogP contribution in [-0.2, 0) is 9.53 Å². The maximum Gasteiger partial charge on any atom is 0.327 e. The van der Waals surface area contributed by atoms with Gasteiger partial charge in [-0.25, -0.2) is 0 Å². The molecule has 76 valence electrons. The highest BCUT2D eigenvalue weighted by Crippen LogP contribution is 2.65. The minimum atomic E-state index is -0.757. The van der Waals surface area contributed by atoms with E-state index in [1.54, 1.807) is 6.92 Å².